The van der Waals surface area contributed by atoms with E-state index in [1.54, 1.807) is 55.6 Å². The lowest BCUT2D eigenvalue weighted by Crippen LogP contribution is -2.33. The summed E-state index contributed by atoms with van der Waals surface area (Å²) < 4.78 is 17.5. The van der Waals surface area contributed by atoms with E-state index in [1.807, 2.05) is 25.1 Å². The second-order valence-corrected chi connectivity index (χ2v) is 12.5. The van der Waals surface area contributed by atoms with Gasteiger partial charge in [0.1, 0.15) is 17.5 Å². The van der Waals surface area contributed by atoms with Crippen LogP contribution in [0.25, 0.3) is 0 Å². The number of carbonyl (C=O) groups is 3. The van der Waals surface area contributed by atoms with E-state index in [-0.39, 0.29) is 23.2 Å². The van der Waals surface area contributed by atoms with Crippen molar-refractivity contribution < 1.29 is 28.6 Å². The maximum absolute atomic E-state index is 14.1. The molecular weight excluding hydrogens is 603 g/mol. The molecule has 3 atom stereocenters. The highest BCUT2D eigenvalue weighted by atomic mass is 32.2. The number of fused-ring (bicyclic) bond motifs is 2. The van der Waals surface area contributed by atoms with Crippen molar-refractivity contribution in [2.75, 3.05) is 31.5 Å². The van der Waals surface area contributed by atoms with Gasteiger partial charge in [-0.15, -0.1) is 0 Å². The van der Waals surface area contributed by atoms with Crippen LogP contribution in [0.1, 0.15) is 21.9 Å². The van der Waals surface area contributed by atoms with Gasteiger partial charge in [-0.3, -0.25) is 23.7 Å². The molecule has 226 valence electrons. The van der Waals surface area contributed by atoms with E-state index >= 15 is 0 Å². The van der Waals surface area contributed by atoms with Crippen LogP contribution >= 0.6 is 23.1 Å². The normalized spacial score (nSPS) is 18.9. The lowest BCUT2D eigenvalue weighted by atomic mass is 9.83. The number of aryl methyl sites for hydroxylation is 1. The first-order chi connectivity index (χ1) is 21.2. The Hall–Kier alpha value is -4.55. The van der Waals surface area contributed by atoms with Gasteiger partial charge in [-0.2, -0.15) is 0 Å². The summed E-state index contributed by atoms with van der Waals surface area (Å²) in [4.78, 5) is 56.1. The van der Waals surface area contributed by atoms with E-state index < -0.39 is 23.0 Å². The van der Waals surface area contributed by atoms with Gasteiger partial charge in [0.05, 0.1) is 38.0 Å². The molecule has 0 bridgehead atoms. The van der Waals surface area contributed by atoms with Crippen molar-refractivity contribution in [2.45, 2.75) is 29.7 Å². The fourth-order valence-electron chi connectivity index (χ4n) is 5.63. The summed E-state index contributed by atoms with van der Waals surface area (Å²) in [7, 11) is 4.61. The second-order valence-electron chi connectivity index (χ2n) is 10.4. The molecule has 1 saturated heterocycles. The number of nitrogens with one attached hydrogen (secondary N) is 1. The smallest absolute Gasteiger partial charge is 0.308 e. The molecule has 1 aromatic heterocycles. The Morgan fingerprint density at radius 1 is 0.864 bits per heavy atom. The van der Waals surface area contributed by atoms with Crippen LogP contribution in [0.4, 0.5) is 11.4 Å². The number of thioether (sulfide) groups is 1. The molecule has 0 saturated carbocycles. The molecule has 6 rings (SSSR count). The standard InChI is InChI=1S/C32H29N3O7S2/c1-17-5-10-20(11-6-17)35-29(37)26-25(18-7-14-22(41-3)23(15-18)42-4)28-31(43-27(26)30(35)38)34(32(39)44-28)16-24(36)33-19-8-12-21(40-2)13-9-19/h5-15,25-27H,16H2,1-4H3,(H,33,36). The minimum atomic E-state index is -0.806. The van der Waals surface area contributed by atoms with Crippen LogP contribution in [0.15, 0.2) is 76.6 Å². The van der Waals surface area contributed by atoms with Crippen LogP contribution in [0.3, 0.4) is 0 Å². The molecule has 3 heterocycles. The average Bonchev–Trinajstić information content (AvgIpc) is 3.47. The summed E-state index contributed by atoms with van der Waals surface area (Å²) in [6.07, 6.45) is 0. The fourth-order valence-corrected chi connectivity index (χ4v) is 8.40. The Kier molecular flexibility index (Phi) is 7.95. The van der Waals surface area contributed by atoms with Crippen molar-refractivity contribution in [1.82, 2.24) is 4.57 Å². The van der Waals surface area contributed by atoms with Crippen LogP contribution in [0, 0.1) is 12.8 Å². The zero-order chi connectivity index (χ0) is 31.1. The van der Waals surface area contributed by atoms with Crippen molar-refractivity contribution in [3.05, 3.63) is 92.4 Å². The van der Waals surface area contributed by atoms with Gasteiger partial charge in [-0.1, -0.05) is 46.9 Å². The zero-order valence-corrected chi connectivity index (χ0v) is 26.0. The Morgan fingerprint density at radius 3 is 2.23 bits per heavy atom. The molecule has 2 aliphatic heterocycles. The van der Waals surface area contributed by atoms with Crippen LogP contribution in [-0.2, 0) is 20.9 Å². The summed E-state index contributed by atoms with van der Waals surface area (Å²) in [5.74, 6) is -0.907. The maximum atomic E-state index is 14.1. The van der Waals surface area contributed by atoms with E-state index in [4.69, 9.17) is 14.2 Å². The number of hydrogen-bond donors (Lipinski definition) is 1. The molecule has 0 spiro atoms. The summed E-state index contributed by atoms with van der Waals surface area (Å²) in [6.45, 7) is 1.67. The van der Waals surface area contributed by atoms with E-state index in [0.717, 1.165) is 16.9 Å². The number of methoxy groups -OCH3 is 3. The first kappa shape index (κ1) is 29.5. The van der Waals surface area contributed by atoms with Crippen molar-refractivity contribution in [2.24, 2.45) is 5.92 Å². The summed E-state index contributed by atoms with van der Waals surface area (Å²) in [6, 6.07) is 19.4. The number of anilines is 2. The van der Waals surface area contributed by atoms with Gasteiger partial charge in [0.15, 0.2) is 11.5 Å². The first-order valence-electron chi connectivity index (χ1n) is 13.7. The van der Waals surface area contributed by atoms with Crippen LogP contribution in [-0.4, -0.2) is 48.9 Å². The van der Waals surface area contributed by atoms with Gasteiger partial charge in [-0.25, -0.2) is 4.90 Å². The highest BCUT2D eigenvalue weighted by Crippen LogP contribution is 2.54. The van der Waals surface area contributed by atoms with Crippen LogP contribution in [0.2, 0.25) is 0 Å². The van der Waals surface area contributed by atoms with E-state index in [2.05, 4.69) is 5.32 Å². The molecule has 12 heteroatoms. The minimum Gasteiger partial charge on any atom is -0.497 e. The predicted molar refractivity (Wildman–Crippen MR) is 168 cm³/mol. The molecule has 1 N–H and O–H groups in total. The number of amides is 3. The number of carbonyl (C=O) groups excluding carboxylic acids is 3. The van der Waals surface area contributed by atoms with Gasteiger partial charge in [0, 0.05) is 16.5 Å². The van der Waals surface area contributed by atoms with E-state index in [9.17, 15) is 19.2 Å². The fraction of sp³-hybridized carbons (Fsp3) is 0.250. The molecule has 44 heavy (non-hydrogen) atoms. The lowest BCUT2D eigenvalue weighted by molar-refractivity contribution is -0.122. The third kappa shape index (κ3) is 5.13. The van der Waals surface area contributed by atoms with Crippen molar-refractivity contribution in [3.63, 3.8) is 0 Å². The molecule has 4 aromatic rings. The largest absolute Gasteiger partial charge is 0.497 e. The van der Waals surface area contributed by atoms with Gasteiger partial charge < -0.3 is 19.5 Å². The van der Waals surface area contributed by atoms with Gasteiger partial charge in [-0.05, 0) is 61.0 Å². The number of aromatic nitrogens is 1. The molecule has 3 amide bonds. The number of rotatable bonds is 8. The van der Waals surface area contributed by atoms with Gasteiger partial charge in [0.2, 0.25) is 17.7 Å². The quantitative estimate of drug-likeness (QED) is 0.279. The molecule has 1 fully saturated rings. The number of benzene rings is 3. The molecule has 0 aliphatic carbocycles. The van der Waals surface area contributed by atoms with Crippen molar-refractivity contribution >= 4 is 52.2 Å². The molecule has 2 aliphatic rings. The summed E-state index contributed by atoms with van der Waals surface area (Å²) in [5.41, 5.74) is 2.74. The number of thiazole rings is 1. The first-order valence-corrected chi connectivity index (χ1v) is 15.4. The highest BCUT2D eigenvalue weighted by molar-refractivity contribution is 8.00. The number of nitrogens with zero attached hydrogens (tertiary/aromatic N) is 2. The van der Waals surface area contributed by atoms with Gasteiger partial charge in [0.25, 0.3) is 0 Å². The Bertz CT molecular complexity index is 1810. The van der Waals surface area contributed by atoms with Crippen LogP contribution in [0.5, 0.6) is 17.2 Å². The number of hydrogen-bond acceptors (Lipinski definition) is 9. The second kappa shape index (κ2) is 11.9. The Morgan fingerprint density at radius 2 is 1.57 bits per heavy atom. The van der Waals surface area contributed by atoms with E-state index in [0.29, 0.717) is 44.1 Å². The SMILES string of the molecule is COc1ccc(NC(=O)Cn2c3c(sc2=O)C(c2ccc(OC)c(OC)c2)C2C(=O)N(c4ccc(C)cc4)C(=O)C2S3)cc1. The van der Waals surface area contributed by atoms with Crippen molar-refractivity contribution in [3.8, 4) is 17.2 Å². The monoisotopic (exact) mass is 631 g/mol. The molecule has 0 radical (unpaired) electrons. The zero-order valence-electron chi connectivity index (χ0n) is 24.4. The third-order valence-corrected chi connectivity index (χ3v) is 10.4. The molecule has 3 aromatic carbocycles. The van der Waals surface area contributed by atoms with Gasteiger partial charge >= 0.3 is 4.87 Å². The number of ether oxygens (including phenoxy) is 3. The summed E-state index contributed by atoms with van der Waals surface area (Å²) >= 11 is 2.15. The minimum absolute atomic E-state index is 0.260. The summed E-state index contributed by atoms with van der Waals surface area (Å²) in [5, 5.41) is 2.50. The molecular formula is C32H29N3O7S2. The highest BCUT2D eigenvalue weighted by Gasteiger charge is 2.57. The van der Waals surface area contributed by atoms with E-state index in [1.165, 1.54) is 35.4 Å². The van der Waals surface area contributed by atoms with Crippen molar-refractivity contribution in [1.29, 1.82) is 0 Å². The number of imide groups is 1. The average molecular weight is 632 g/mol. The Balaban J connectivity index is 1.41. The predicted octanol–water partition coefficient (Wildman–Crippen LogP) is 4.68. The lowest BCUT2D eigenvalue weighted by Gasteiger charge is -2.31. The third-order valence-electron chi connectivity index (χ3n) is 7.78. The Labute approximate surface area is 261 Å². The maximum Gasteiger partial charge on any atom is 0.308 e. The van der Waals surface area contributed by atoms with Crippen LogP contribution < -0.4 is 29.3 Å². The topological polar surface area (TPSA) is 116 Å². The molecule has 10 nitrogen and oxygen atoms in total. The molecule has 3 unspecified atom stereocenters.